The molecule has 2 aromatic rings. The minimum Gasteiger partial charge on any atom is -0.276 e. The third-order valence-corrected chi connectivity index (χ3v) is 4.27. The summed E-state index contributed by atoms with van der Waals surface area (Å²) in [6.45, 7) is 1.84. The number of aryl methyl sites for hydroxylation is 1. The van der Waals surface area contributed by atoms with Crippen molar-refractivity contribution in [2.24, 2.45) is 10.9 Å². The molecular weight excluding hydrogens is 377 g/mol. The normalized spacial score (nSPS) is 17.7. The van der Waals surface area contributed by atoms with Crippen LogP contribution in [0.25, 0.3) is 0 Å². The highest BCUT2D eigenvalue weighted by atomic mass is 35.5. The summed E-state index contributed by atoms with van der Waals surface area (Å²) in [4.78, 5) is 42.0. The third-order valence-electron chi connectivity index (χ3n) is 3.73. The molecular formula is C18H13Cl2N3O3. The summed E-state index contributed by atoms with van der Waals surface area (Å²) < 4.78 is 0. The van der Waals surface area contributed by atoms with Crippen LogP contribution in [-0.4, -0.2) is 24.1 Å². The summed E-state index contributed by atoms with van der Waals surface area (Å²) in [5, 5.41) is 2.89. The van der Waals surface area contributed by atoms with E-state index in [1.165, 1.54) is 12.3 Å². The zero-order valence-corrected chi connectivity index (χ0v) is 15.1. The fraction of sp³-hybridized carbons (Fsp3) is 0.111. The number of nitrogens with zero attached hydrogens (tertiary/aromatic N) is 2. The molecule has 8 heteroatoms. The fourth-order valence-electron chi connectivity index (χ4n) is 2.47. The standard InChI is InChI=1S/C18H13Cl2N3O3/c1-10-3-2-4-12(7-10)23-17(25)13(16(24)22-18(23)26)9-21-15-6-5-11(19)8-14(15)20/h2-9,13H,1H3,(H,22,24,26)/t13-/m0/s1. The van der Waals surface area contributed by atoms with Gasteiger partial charge in [0, 0.05) is 11.2 Å². The lowest BCUT2D eigenvalue weighted by molar-refractivity contribution is -0.131. The van der Waals surface area contributed by atoms with Gasteiger partial charge >= 0.3 is 6.03 Å². The van der Waals surface area contributed by atoms with Crippen molar-refractivity contribution in [2.75, 3.05) is 4.90 Å². The van der Waals surface area contributed by atoms with Crippen molar-refractivity contribution in [3.8, 4) is 0 Å². The highest BCUT2D eigenvalue weighted by Crippen LogP contribution is 2.28. The quantitative estimate of drug-likeness (QED) is 0.638. The van der Waals surface area contributed by atoms with E-state index >= 15 is 0 Å². The topological polar surface area (TPSA) is 78.8 Å². The van der Waals surface area contributed by atoms with Gasteiger partial charge in [-0.05, 0) is 42.8 Å². The molecule has 0 aliphatic carbocycles. The zero-order valence-electron chi connectivity index (χ0n) is 13.6. The summed E-state index contributed by atoms with van der Waals surface area (Å²) in [6, 6.07) is 10.7. The summed E-state index contributed by atoms with van der Waals surface area (Å²) in [6.07, 6.45) is 1.17. The number of carbonyl (C=O) groups is 3. The van der Waals surface area contributed by atoms with Crippen LogP contribution in [0.4, 0.5) is 16.2 Å². The van der Waals surface area contributed by atoms with Crippen LogP contribution in [0.1, 0.15) is 5.56 Å². The van der Waals surface area contributed by atoms with E-state index in [1.807, 2.05) is 13.0 Å². The first-order valence-corrected chi connectivity index (χ1v) is 8.37. The Morgan fingerprint density at radius 3 is 2.58 bits per heavy atom. The monoisotopic (exact) mass is 389 g/mol. The maximum atomic E-state index is 12.7. The number of aliphatic imine (C=N–C) groups is 1. The fourth-order valence-corrected chi connectivity index (χ4v) is 2.93. The summed E-state index contributed by atoms with van der Waals surface area (Å²) >= 11 is 11.9. The van der Waals surface area contributed by atoms with Crippen LogP contribution >= 0.6 is 23.2 Å². The molecule has 0 spiro atoms. The van der Waals surface area contributed by atoms with Crippen molar-refractivity contribution in [3.05, 3.63) is 58.1 Å². The number of imide groups is 2. The van der Waals surface area contributed by atoms with Gasteiger partial charge in [0.15, 0.2) is 5.92 Å². The molecule has 132 valence electrons. The Hall–Kier alpha value is -2.70. The molecule has 1 heterocycles. The molecule has 1 saturated heterocycles. The predicted molar refractivity (Wildman–Crippen MR) is 100 cm³/mol. The Kier molecular flexibility index (Phi) is 5.06. The molecule has 0 radical (unpaired) electrons. The molecule has 0 aromatic heterocycles. The smallest absolute Gasteiger partial charge is 0.276 e. The second kappa shape index (κ2) is 7.27. The number of amides is 4. The molecule has 0 unspecified atom stereocenters. The summed E-state index contributed by atoms with van der Waals surface area (Å²) in [5.74, 6) is -2.67. The van der Waals surface area contributed by atoms with Crippen molar-refractivity contribution < 1.29 is 14.4 Å². The first kappa shape index (κ1) is 18.1. The molecule has 26 heavy (non-hydrogen) atoms. The summed E-state index contributed by atoms with van der Waals surface area (Å²) in [5.41, 5.74) is 1.61. The number of halogens is 2. The van der Waals surface area contributed by atoms with Crippen LogP contribution in [0.2, 0.25) is 10.0 Å². The Balaban J connectivity index is 1.91. The molecule has 0 bridgehead atoms. The molecule has 4 amide bonds. The van der Waals surface area contributed by atoms with E-state index in [1.54, 1.807) is 30.3 Å². The lowest BCUT2D eigenvalue weighted by atomic mass is 10.1. The van der Waals surface area contributed by atoms with Crippen molar-refractivity contribution in [1.29, 1.82) is 0 Å². The van der Waals surface area contributed by atoms with Crippen molar-refractivity contribution >= 4 is 58.6 Å². The van der Waals surface area contributed by atoms with Gasteiger partial charge in [0.25, 0.3) is 5.91 Å². The van der Waals surface area contributed by atoms with Gasteiger partial charge in [0.1, 0.15) is 0 Å². The lowest BCUT2D eigenvalue weighted by Gasteiger charge is -2.28. The zero-order chi connectivity index (χ0) is 18.8. The third kappa shape index (κ3) is 3.61. The first-order chi connectivity index (χ1) is 12.4. The van der Waals surface area contributed by atoms with Gasteiger partial charge in [-0.15, -0.1) is 0 Å². The first-order valence-electron chi connectivity index (χ1n) is 7.61. The highest BCUT2D eigenvalue weighted by Gasteiger charge is 2.40. The van der Waals surface area contributed by atoms with E-state index in [-0.39, 0.29) is 5.02 Å². The minimum atomic E-state index is -1.25. The van der Waals surface area contributed by atoms with Crippen LogP contribution in [0.3, 0.4) is 0 Å². The average Bonchev–Trinajstić information content (AvgIpc) is 2.56. The van der Waals surface area contributed by atoms with E-state index in [4.69, 9.17) is 23.2 Å². The molecule has 1 N–H and O–H groups in total. The Morgan fingerprint density at radius 2 is 1.88 bits per heavy atom. The molecule has 2 aromatic carbocycles. The van der Waals surface area contributed by atoms with E-state index < -0.39 is 23.8 Å². The van der Waals surface area contributed by atoms with Gasteiger partial charge in [-0.25, -0.2) is 9.69 Å². The molecule has 1 atom stereocenters. The van der Waals surface area contributed by atoms with Crippen LogP contribution in [0, 0.1) is 12.8 Å². The minimum absolute atomic E-state index is 0.282. The number of hydrogen-bond acceptors (Lipinski definition) is 4. The van der Waals surface area contributed by atoms with Crippen LogP contribution in [-0.2, 0) is 9.59 Å². The summed E-state index contributed by atoms with van der Waals surface area (Å²) in [7, 11) is 0. The van der Waals surface area contributed by atoms with Crippen LogP contribution in [0.5, 0.6) is 0 Å². The maximum Gasteiger partial charge on any atom is 0.335 e. The number of urea groups is 1. The number of benzene rings is 2. The number of hydrogen-bond donors (Lipinski definition) is 1. The molecule has 1 fully saturated rings. The second-order valence-corrected chi connectivity index (χ2v) is 6.50. The average molecular weight is 390 g/mol. The lowest BCUT2D eigenvalue weighted by Crippen LogP contribution is -2.58. The number of carbonyl (C=O) groups excluding carboxylic acids is 3. The largest absolute Gasteiger partial charge is 0.335 e. The van der Waals surface area contributed by atoms with Gasteiger partial charge in [0.2, 0.25) is 5.91 Å². The highest BCUT2D eigenvalue weighted by molar-refractivity contribution is 6.36. The molecule has 0 saturated carbocycles. The van der Waals surface area contributed by atoms with Crippen molar-refractivity contribution in [1.82, 2.24) is 5.32 Å². The SMILES string of the molecule is Cc1cccc(N2C(=O)NC(=O)[C@H](C=Nc3ccc(Cl)cc3Cl)C2=O)c1. The number of rotatable bonds is 3. The van der Waals surface area contributed by atoms with Crippen molar-refractivity contribution in [2.45, 2.75) is 6.92 Å². The number of barbiturate groups is 1. The Bertz CT molecular complexity index is 943. The van der Waals surface area contributed by atoms with Crippen LogP contribution in [0.15, 0.2) is 47.5 Å². The van der Waals surface area contributed by atoms with Gasteiger partial charge in [-0.3, -0.25) is 19.9 Å². The van der Waals surface area contributed by atoms with E-state index in [9.17, 15) is 14.4 Å². The van der Waals surface area contributed by atoms with Gasteiger partial charge in [-0.2, -0.15) is 0 Å². The maximum absolute atomic E-state index is 12.7. The molecule has 3 rings (SSSR count). The van der Waals surface area contributed by atoms with Gasteiger partial charge in [-0.1, -0.05) is 35.3 Å². The van der Waals surface area contributed by atoms with E-state index in [0.29, 0.717) is 16.4 Å². The molecule has 1 aliphatic heterocycles. The second-order valence-electron chi connectivity index (χ2n) is 5.66. The van der Waals surface area contributed by atoms with E-state index in [2.05, 4.69) is 10.3 Å². The van der Waals surface area contributed by atoms with Gasteiger partial charge in [0.05, 0.1) is 16.4 Å². The molecule has 6 nitrogen and oxygen atoms in total. The van der Waals surface area contributed by atoms with Crippen molar-refractivity contribution in [3.63, 3.8) is 0 Å². The van der Waals surface area contributed by atoms with Crippen LogP contribution < -0.4 is 10.2 Å². The Morgan fingerprint density at radius 1 is 1.12 bits per heavy atom. The molecule has 1 aliphatic rings. The van der Waals surface area contributed by atoms with Gasteiger partial charge < -0.3 is 0 Å². The Labute approximate surface area is 159 Å². The van der Waals surface area contributed by atoms with E-state index in [0.717, 1.165) is 10.5 Å². The number of anilines is 1. The predicted octanol–water partition coefficient (Wildman–Crippen LogP) is 3.90. The number of nitrogens with one attached hydrogen (secondary N) is 1.